The number of hydrogen-bond acceptors (Lipinski definition) is 2. The number of rotatable bonds is 0. The standard InChI is InChI=1S/C18H22O2/c1-18-9-8-13-12-5-3-2-4-11(12)10-15(19)17(13)14(18)6-7-16(18)20/h2,4,10,12-14,17H,3,5-9H2,1H3/t12-,13+,14-,17+,18-/m0/s1. The van der Waals surface area contributed by atoms with E-state index < -0.39 is 0 Å². The van der Waals surface area contributed by atoms with E-state index in [0.717, 1.165) is 25.7 Å². The number of hydrogen-bond donors (Lipinski definition) is 0. The molecule has 0 unspecified atom stereocenters. The molecular formula is C18H22O2. The van der Waals surface area contributed by atoms with Gasteiger partial charge in [-0.3, -0.25) is 9.59 Å². The van der Waals surface area contributed by atoms with Gasteiger partial charge in [-0.15, -0.1) is 0 Å². The van der Waals surface area contributed by atoms with Crippen LogP contribution >= 0.6 is 0 Å². The topological polar surface area (TPSA) is 34.1 Å². The molecule has 0 amide bonds. The molecule has 4 aliphatic carbocycles. The van der Waals surface area contributed by atoms with E-state index in [9.17, 15) is 9.59 Å². The highest BCUT2D eigenvalue weighted by atomic mass is 16.1. The monoisotopic (exact) mass is 270 g/mol. The van der Waals surface area contributed by atoms with E-state index in [1.807, 2.05) is 6.08 Å². The molecule has 0 aromatic carbocycles. The van der Waals surface area contributed by atoms with Crippen molar-refractivity contribution in [1.29, 1.82) is 0 Å². The number of allylic oxidation sites excluding steroid dienone is 4. The summed E-state index contributed by atoms with van der Waals surface area (Å²) in [6, 6.07) is 0. The third-order valence-electron chi connectivity index (χ3n) is 6.57. The largest absolute Gasteiger partial charge is 0.299 e. The fourth-order valence-corrected chi connectivity index (χ4v) is 5.47. The summed E-state index contributed by atoms with van der Waals surface area (Å²) in [4.78, 5) is 24.9. The van der Waals surface area contributed by atoms with E-state index in [-0.39, 0.29) is 11.3 Å². The van der Waals surface area contributed by atoms with Crippen LogP contribution in [0.15, 0.2) is 23.8 Å². The number of ketones is 2. The number of carbonyl (C=O) groups is 2. The number of carbonyl (C=O) groups excluding carboxylic acids is 2. The SMILES string of the molecule is C[C@]12CC[C@H]3[C@@H](C(=O)C=C4C=CCC[C@@H]43)[C@@H]1CCC2=O. The molecule has 0 radical (unpaired) electrons. The fraction of sp³-hybridized carbons (Fsp3) is 0.667. The van der Waals surface area contributed by atoms with Crippen LogP contribution in [0.4, 0.5) is 0 Å². The quantitative estimate of drug-likeness (QED) is 0.675. The Balaban J connectivity index is 1.76. The molecule has 0 aromatic rings. The molecule has 2 saturated carbocycles. The minimum Gasteiger partial charge on any atom is -0.299 e. The van der Waals surface area contributed by atoms with Gasteiger partial charge in [0.25, 0.3) is 0 Å². The van der Waals surface area contributed by atoms with Gasteiger partial charge in [-0.25, -0.2) is 0 Å². The molecule has 2 heteroatoms. The van der Waals surface area contributed by atoms with E-state index in [1.54, 1.807) is 0 Å². The normalized spacial score (nSPS) is 46.5. The molecule has 2 nitrogen and oxygen atoms in total. The lowest BCUT2D eigenvalue weighted by Crippen LogP contribution is -2.48. The Morgan fingerprint density at radius 1 is 1.20 bits per heavy atom. The van der Waals surface area contributed by atoms with Crippen LogP contribution in [0.2, 0.25) is 0 Å². The maximum absolute atomic E-state index is 12.7. The van der Waals surface area contributed by atoms with E-state index in [0.29, 0.717) is 35.7 Å². The summed E-state index contributed by atoms with van der Waals surface area (Å²) in [7, 11) is 0. The summed E-state index contributed by atoms with van der Waals surface area (Å²) in [5.41, 5.74) is 1.06. The van der Waals surface area contributed by atoms with Crippen LogP contribution in [-0.2, 0) is 9.59 Å². The van der Waals surface area contributed by atoms with Crippen molar-refractivity contribution in [3.8, 4) is 0 Å². The number of fused-ring (bicyclic) bond motifs is 5. The van der Waals surface area contributed by atoms with Crippen LogP contribution in [0.5, 0.6) is 0 Å². The van der Waals surface area contributed by atoms with Crippen LogP contribution in [0.25, 0.3) is 0 Å². The van der Waals surface area contributed by atoms with Crippen LogP contribution in [0.3, 0.4) is 0 Å². The van der Waals surface area contributed by atoms with Crippen molar-refractivity contribution in [3.05, 3.63) is 23.8 Å². The van der Waals surface area contributed by atoms with E-state index in [2.05, 4.69) is 19.1 Å². The van der Waals surface area contributed by atoms with E-state index in [1.165, 1.54) is 12.0 Å². The lowest BCUT2D eigenvalue weighted by molar-refractivity contribution is -0.136. The van der Waals surface area contributed by atoms with Crippen molar-refractivity contribution in [1.82, 2.24) is 0 Å². The summed E-state index contributed by atoms with van der Waals surface area (Å²) < 4.78 is 0. The Hall–Kier alpha value is -1.18. The first kappa shape index (κ1) is 12.6. The molecule has 4 aliphatic rings. The zero-order chi connectivity index (χ0) is 13.9. The second kappa shape index (κ2) is 4.16. The molecule has 0 heterocycles. The molecule has 106 valence electrons. The van der Waals surface area contributed by atoms with Crippen LogP contribution in [0.1, 0.15) is 45.4 Å². The molecule has 5 atom stereocenters. The highest BCUT2D eigenvalue weighted by Gasteiger charge is 2.57. The first-order valence-electron chi connectivity index (χ1n) is 8.06. The minimum atomic E-state index is -0.202. The molecule has 4 rings (SSSR count). The van der Waals surface area contributed by atoms with Gasteiger partial charge in [0.15, 0.2) is 5.78 Å². The van der Waals surface area contributed by atoms with Crippen LogP contribution in [0, 0.1) is 29.1 Å². The first-order valence-corrected chi connectivity index (χ1v) is 8.06. The predicted molar refractivity (Wildman–Crippen MR) is 77.0 cm³/mol. The molecule has 0 N–H and O–H groups in total. The summed E-state index contributed by atoms with van der Waals surface area (Å²) in [6.45, 7) is 2.12. The average Bonchev–Trinajstić information content (AvgIpc) is 2.75. The second-order valence-electron chi connectivity index (χ2n) is 7.35. The Kier molecular flexibility index (Phi) is 2.61. The molecule has 0 aliphatic heterocycles. The third-order valence-corrected chi connectivity index (χ3v) is 6.57. The van der Waals surface area contributed by atoms with Gasteiger partial charge in [0.2, 0.25) is 0 Å². The predicted octanol–water partition coefficient (Wildman–Crippen LogP) is 3.47. The highest BCUT2D eigenvalue weighted by molar-refractivity contribution is 5.96. The van der Waals surface area contributed by atoms with Crippen molar-refractivity contribution in [3.63, 3.8) is 0 Å². The molecule has 0 spiro atoms. The molecule has 20 heavy (non-hydrogen) atoms. The van der Waals surface area contributed by atoms with Crippen molar-refractivity contribution in [2.75, 3.05) is 0 Å². The van der Waals surface area contributed by atoms with Gasteiger partial charge in [0.05, 0.1) is 0 Å². The maximum atomic E-state index is 12.7. The van der Waals surface area contributed by atoms with Gasteiger partial charge in [-0.1, -0.05) is 19.1 Å². The average molecular weight is 270 g/mol. The Bertz CT molecular complexity index is 542. The summed E-state index contributed by atoms with van der Waals surface area (Å²) in [5, 5.41) is 0. The lowest BCUT2D eigenvalue weighted by Gasteiger charge is -2.49. The van der Waals surface area contributed by atoms with Gasteiger partial charge in [-0.2, -0.15) is 0 Å². The van der Waals surface area contributed by atoms with Gasteiger partial charge >= 0.3 is 0 Å². The highest BCUT2D eigenvalue weighted by Crippen LogP contribution is 2.58. The molecular weight excluding hydrogens is 248 g/mol. The van der Waals surface area contributed by atoms with Crippen molar-refractivity contribution in [2.24, 2.45) is 29.1 Å². The van der Waals surface area contributed by atoms with Gasteiger partial charge in [0.1, 0.15) is 5.78 Å². The van der Waals surface area contributed by atoms with E-state index in [4.69, 9.17) is 0 Å². The summed E-state index contributed by atoms with van der Waals surface area (Å²) in [6.07, 6.45) is 12.3. The molecule has 0 bridgehead atoms. The van der Waals surface area contributed by atoms with Crippen LogP contribution < -0.4 is 0 Å². The smallest absolute Gasteiger partial charge is 0.159 e. The molecule has 0 saturated heterocycles. The lowest BCUT2D eigenvalue weighted by atomic mass is 9.53. The Morgan fingerprint density at radius 2 is 2.05 bits per heavy atom. The van der Waals surface area contributed by atoms with Gasteiger partial charge < -0.3 is 0 Å². The maximum Gasteiger partial charge on any atom is 0.159 e. The van der Waals surface area contributed by atoms with Crippen molar-refractivity contribution in [2.45, 2.75) is 45.4 Å². The Morgan fingerprint density at radius 3 is 2.90 bits per heavy atom. The summed E-state index contributed by atoms with van der Waals surface area (Å²) >= 11 is 0. The van der Waals surface area contributed by atoms with Crippen molar-refractivity contribution < 1.29 is 9.59 Å². The summed E-state index contributed by atoms with van der Waals surface area (Å²) in [5.74, 6) is 2.22. The Labute approximate surface area is 120 Å². The molecule has 2 fully saturated rings. The van der Waals surface area contributed by atoms with Crippen molar-refractivity contribution >= 4 is 11.6 Å². The first-order chi connectivity index (χ1) is 9.61. The fourth-order valence-electron chi connectivity index (χ4n) is 5.47. The number of Topliss-reactive ketones (excluding diaryl/α,β-unsaturated/α-hetero) is 1. The van der Waals surface area contributed by atoms with Crippen LogP contribution in [-0.4, -0.2) is 11.6 Å². The van der Waals surface area contributed by atoms with Gasteiger partial charge in [-0.05, 0) is 61.5 Å². The molecule has 0 aromatic heterocycles. The third kappa shape index (κ3) is 1.51. The zero-order valence-corrected chi connectivity index (χ0v) is 12.1. The van der Waals surface area contributed by atoms with Gasteiger partial charge in [0, 0.05) is 17.8 Å². The minimum absolute atomic E-state index is 0.125. The second-order valence-corrected chi connectivity index (χ2v) is 7.35. The van der Waals surface area contributed by atoms with E-state index >= 15 is 0 Å². The zero-order valence-electron chi connectivity index (χ0n) is 12.1.